The summed E-state index contributed by atoms with van der Waals surface area (Å²) in [5.41, 5.74) is 0.680. The third-order valence-corrected chi connectivity index (χ3v) is 3.53. The van der Waals surface area contributed by atoms with Crippen LogP contribution < -0.4 is 5.32 Å². The number of furan rings is 1. The van der Waals surface area contributed by atoms with Crippen LogP contribution in [0.1, 0.15) is 17.4 Å². The van der Waals surface area contributed by atoms with Gasteiger partial charge in [-0.05, 0) is 18.2 Å². The number of piperazine rings is 1. The molecule has 3 nitrogen and oxygen atoms in total. The van der Waals surface area contributed by atoms with Gasteiger partial charge in [0.25, 0.3) is 0 Å². The summed E-state index contributed by atoms with van der Waals surface area (Å²) in [6.07, 6.45) is 1.64. The smallest absolute Gasteiger partial charge is 0.128 e. The molecule has 1 aromatic carbocycles. The Kier molecular flexibility index (Phi) is 3.62. The van der Waals surface area contributed by atoms with Crippen molar-refractivity contribution in [2.45, 2.75) is 6.04 Å². The molecule has 4 heteroatoms. The van der Waals surface area contributed by atoms with Gasteiger partial charge in [0, 0.05) is 31.7 Å². The first kappa shape index (κ1) is 12.4. The van der Waals surface area contributed by atoms with Crippen molar-refractivity contribution in [1.82, 2.24) is 10.2 Å². The third kappa shape index (κ3) is 2.55. The molecule has 19 heavy (non-hydrogen) atoms. The molecule has 0 saturated carbocycles. The fraction of sp³-hybridized carbons (Fsp3) is 0.333. The fourth-order valence-electron chi connectivity index (χ4n) is 2.61. The fourth-order valence-corrected chi connectivity index (χ4v) is 2.61. The lowest BCUT2D eigenvalue weighted by Crippen LogP contribution is -2.45. The Bertz CT molecular complexity index is 521. The van der Waals surface area contributed by atoms with E-state index >= 15 is 0 Å². The molecule has 1 aromatic heterocycles. The van der Waals surface area contributed by atoms with E-state index in [1.807, 2.05) is 24.3 Å². The van der Waals surface area contributed by atoms with E-state index in [1.54, 1.807) is 12.3 Å². The van der Waals surface area contributed by atoms with Gasteiger partial charge in [0.1, 0.15) is 11.6 Å². The standard InChI is InChI=1S/C15H17FN2O/c16-13-5-2-1-4-12(13)15(14-6-3-11-19-14)18-9-7-17-8-10-18/h1-6,11,15,17H,7-10H2. The van der Waals surface area contributed by atoms with Crippen LogP contribution in [0.3, 0.4) is 0 Å². The van der Waals surface area contributed by atoms with Crippen molar-refractivity contribution in [3.63, 3.8) is 0 Å². The van der Waals surface area contributed by atoms with Crippen LogP contribution in [0.15, 0.2) is 47.1 Å². The Morgan fingerprint density at radius 2 is 1.89 bits per heavy atom. The number of hydrogen-bond donors (Lipinski definition) is 1. The van der Waals surface area contributed by atoms with Gasteiger partial charge in [-0.1, -0.05) is 18.2 Å². The number of rotatable bonds is 3. The van der Waals surface area contributed by atoms with E-state index in [9.17, 15) is 4.39 Å². The topological polar surface area (TPSA) is 28.4 Å². The molecule has 1 fully saturated rings. The highest BCUT2D eigenvalue weighted by Crippen LogP contribution is 2.30. The van der Waals surface area contributed by atoms with Gasteiger partial charge in [0.15, 0.2) is 0 Å². The zero-order valence-electron chi connectivity index (χ0n) is 10.7. The Balaban J connectivity index is 1.99. The van der Waals surface area contributed by atoms with Gasteiger partial charge >= 0.3 is 0 Å². The van der Waals surface area contributed by atoms with E-state index in [0.717, 1.165) is 31.9 Å². The first-order valence-electron chi connectivity index (χ1n) is 6.59. The van der Waals surface area contributed by atoms with E-state index in [-0.39, 0.29) is 11.9 Å². The van der Waals surface area contributed by atoms with Gasteiger partial charge in [-0.25, -0.2) is 4.39 Å². The monoisotopic (exact) mass is 260 g/mol. The maximum Gasteiger partial charge on any atom is 0.128 e. The van der Waals surface area contributed by atoms with Crippen LogP contribution >= 0.6 is 0 Å². The summed E-state index contributed by atoms with van der Waals surface area (Å²) >= 11 is 0. The second kappa shape index (κ2) is 5.55. The van der Waals surface area contributed by atoms with Gasteiger partial charge in [-0.15, -0.1) is 0 Å². The van der Waals surface area contributed by atoms with E-state index < -0.39 is 0 Å². The zero-order valence-corrected chi connectivity index (χ0v) is 10.7. The summed E-state index contributed by atoms with van der Waals surface area (Å²) in [6, 6.07) is 10.6. The molecule has 1 saturated heterocycles. The quantitative estimate of drug-likeness (QED) is 0.918. The van der Waals surface area contributed by atoms with Crippen LogP contribution in [0.5, 0.6) is 0 Å². The second-order valence-electron chi connectivity index (χ2n) is 4.73. The Morgan fingerprint density at radius 1 is 1.11 bits per heavy atom. The maximum atomic E-state index is 14.1. The molecule has 0 radical (unpaired) electrons. The Labute approximate surface area is 112 Å². The average Bonchev–Trinajstić information content (AvgIpc) is 2.96. The second-order valence-corrected chi connectivity index (χ2v) is 4.73. The first-order valence-corrected chi connectivity index (χ1v) is 6.59. The minimum Gasteiger partial charge on any atom is -0.467 e. The molecule has 2 heterocycles. The van der Waals surface area contributed by atoms with Crippen LogP contribution in [-0.4, -0.2) is 31.1 Å². The predicted molar refractivity (Wildman–Crippen MR) is 71.4 cm³/mol. The number of halogens is 1. The zero-order chi connectivity index (χ0) is 13.1. The minimum atomic E-state index is -0.178. The molecule has 0 amide bonds. The molecular weight excluding hydrogens is 243 g/mol. The minimum absolute atomic E-state index is 0.140. The summed E-state index contributed by atoms with van der Waals surface area (Å²) in [4.78, 5) is 2.26. The van der Waals surface area contributed by atoms with Crippen molar-refractivity contribution in [3.8, 4) is 0 Å². The normalized spacial score (nSPS) is 18.4. The Morgan fingerprint density at radius 3 is 2.58 bits per heavy atom. The molecule has 1 N–H and O–H groups in total. The van der Waals surface area contributed by atoms with Crippen molar-refractivity contribution in [1.29, 1.82) is 0 Å². The SMILES string of the molecule is Fc1ccccc1C(c1ccco1)N1CCNCC1. The molecule has 0 spiro atoms. The molecule has 2 aromatic rings. The van der Waals surface area contributed by atoms with E-state index in [4.69, 9.17) is 4.42 Å². The highest BCUT2D eigenvalue weighted by Gasteiger charge is 2.27. The summed E-state index contributed by atoms with van der Waals surface area (Å²) < 4.78 is 19.6. The molecular formula is C15H17FN2O. The summed E-state index contributed by atoms with van der Waals surface area (Å²) in [5.74, 6) is 0.620. The average molecular weight is 260 g/mol. The molecule has 0 bridgehead atoms. The molecule has 1 aliphatic heterocycles. The van der Waals surface area contributed by atoms with Crippen LogP contribution in [0.2, 0.25) is 0 Å². The van der Waals surface area contributed by atoms with Crippen molar-refractivity contribution in [2.75, 3.05) is 26.2 Å². The molecule has 3 rings (SSSR count). The number of benzene rings is 1. The van der Waals surface area contributed by atoms with Crippen LogP contribution in [0.25, 0.3) is 0 Å². The third-order valence-electron chi connectivity index (χ3n) is 3.53. The van der Waals surface area contributed by atoms with Crippen LogP contribution in [0, 0.1) is 5.82 Å². The van der Waals surface area contributed by atoms with Gasteiger partial charge in [0.05, 0.1) is 12.3 Å². The largest absolute Gasteiger partial charge is 0.467 e. The van der Waals surface area contributed by atoms with Crippen LogP contribution in [0.4, 0.5) is 4.39 Å². The summed E-state index contributed by atoms with van der Waals surface area (Å²) in [5, 5.41) is 3.31. The lowest BCUT2D eigenvalue weighted by Gasteiger charge is -2.34. The number of nitrogens with zero attached hydrogens (tertiary/aromatic N) is 1. The highest BCUT2D eigenvalue weighted by molar-refractivity contribution is 5.28. The van der Waals surface area contributed by atoms with Gasteiger partial charge in [-0.3, -0.25) is 4.90 Å². The molecule has 1 aliphatic rings. The number of hydrogen-bond acceptors (Lipinski definition) is 3. The lowest BCUT2D eigenvalue weighted by atomic mass is 10.0. The van der Waals surface area contributed by atoms with Gasteiger partial charge in [-0.2, -0.15) is 0 Å². The Hall–Kier alpha value is -1.65. The first-order chi connectivity index (χ1) is 9.36. The molecule has 1 unspecified atom stereocenters. The van der Waals surface area contributed by atoms with Crippen molar-refractivity contribution in [3.05, 3.63) is 59.8 Å². The summed E-state index contributed by atoms with van der Waals surface area (Å²) in [6.45, 7) is 3.62. The summed E-state index contributed by atoms with van der Waals surface area (Å²) in [7, 11) is 0. The molecule has 100 valence electrons. The van der Waals surface area contributed by atoms with Crippen LogP contribution in [-0.2, 0) is 0 Å². The van der Waals surface area contributed by atoms with Gasteiger partial charge in [0.2, 0.25) is 0 Å². The van der Waals surface area contributed by atoms with E-state index in [1.165, 1.54) is 6.07 Å². The van der Waals surface area contributed by atoms with Crippen molar-refractivity contribution >= 4 is 0 Å². The predicted octanol–water partition coefficient (Wildman–Crippen LogP) is 2.41. The van der Waals surface area contributed by atoms with Crippen molar-refractivity contribution in [2.24, 2.45) is 0 Å². The van der Waals surface area contributed by atoms with Gasteiger partial charge < -0.3 is 9.73 Å². The number of nitrogens with one attached hydrogen (secondary N) is 1. The van der Waals surface area contributed by atoms with Crippen molar-refractivity contribution < 1.29 is 8.81 Å². The molecule has 0 aliphatic carbocycles. The maximum absolute atomic E-state index is 14.1. The van der Waals surface area contributed by atoms with E-state index in [0.29, 0.717) is 5.56 Å². The van der Waals surface area contributed by atoms with E-state index in [2.05, 4.69) is 10.2 Å². The molecule has 1 atom stereocenters. The lowest BCUT2D eigenvalue weighted by molar-refractivity contribution is 0.177. The highest BCUT2D eigenvalue weighted by atomic mass is 19.1.